The third-order valence-electron chi connectivity index (χ3n) is 4.14. The Kier molecular flexibility index (Phi) is 14.0. The first-order valence-corrected chi connectivity index (χ1v) is 10.2. The first-order valence-electron chi connectivity index (χ1n) is 7.65. The number of benzene rings is 1. The van der Waals surface area contributed by atoms with Gasteiger partial charge in [0.05, 0.1) is 5.92 Å². The summed E-state index contributed by atoms with van der Waals surface area (Å²) in [4.78, 5) is 11.1. The first kappa shape index (κ1) is 25.9. The maximum atomic E-state index is 11.1. The van der Waals surface area contributed by atoms with Gasteiger partial charge in [-0.3, -0.25) is 4.79 Å². The molecular formula is C18H24Cl2NOSiTi. The largest absolute Gasteiger partial charge is 3.00 e. The number of rotatable bonds is 1. The van der Waals surface area contributed by atoms with Gasteiger partial charge >= 0.3 is 21.7 Å². The van der Waals surface area contributed by atoms with E-state index in [2.05, 4.69) is 55.6 Å². The topological polar surface area (TPSA) is 43.1 Å². The molecule has 1 saturated carbocycles. The predicted octanol–water partition coefficient (Wildman–Crippen LogP) is -2.27. The van der Waals surface area contributed by atoms with Crippen molar-refractivity contribution in [3.05, 3.63) is 42.5 Å². The van der Waals surface area contributed by atoms with Gasteiger partial charge in [-0.25, -0.2) is 0 Å². The fourth-order valence-corrected chi connectivity index (χ4v) is 4.66. The Balaban J connectivity index is 0. The van der Waals surface area contributed by atoms with Crippen LogP contribution in [0.25, 0.3) is 10.8 Å². The summed E-state index contributed by atoms with van der Waals surface area (Å²) in [5, 5.41) is 4.13. The van der Waals surface area contributed by atoms with Crippen molar-refractivity contribution in [3.8, 4) is 0 Å². The Bertz CT molecular complexity index is 623. The van der Waals surface area contributed by atoms with E-state index in [1.54, 1.807) is 0 Å². The number of nitrogens with two attached hydrogens (primary N) is 1. The average molecular weight is 417 g/mol. The number of carbonyl (C=O) groups excluding carboxylic acids is 1. The summed E-state index contributed by atoms with van der Waals surface area (Å²) in [6.45, 7) is 4.50. The molecule has 1 fully saturated rings. The van der Waals surface area contributed by atoms with E-state index in [-0.39, 0.29) is 58.4 Å². The summed E-state index contributed by atoms with van der Waals surface area (Å²) in [6.07, 6.45) is 4.58. The van der Waals surface area contributed by atoms with Crippen molar-refractivity contribution in [2.24, 2.45) is 11.7 Å². The van der Waals surface area contributed by atoms with Crippen molar-refractivity contribution in [1.29, 1.82) is 0 Å². The molecule has 2 N–H and O–H groups in total. The molecule has 2 aromatic carbocycles. The summed E-state index contributed by atoms with van der Waals surface area (Å²) < 4.78 is 0. The molecule has 0 saturated heterocycles. The zero-order valence-electron chi connectivity index (χ0n) is 14.2. The standard InChI is InChI=1S/C9H17NOSi.C9H7.2ClH.Ti/c1-12(2)8-6-4-3-5-7(8)9(10)11;1-2-5-9-7-3-6-8(9)4-1;;;/h7H,3-6H2,1-2H3,(H2,10,11);1-7H;2*1H;/q;-1;;;+3/p-2. The van der Waals surface area contributed by atoms with E-state index in [1.807, 2.05) is 0 Å². The van der Waals surface area contributed by atoms with Gasteiger partial charge in [0.1, 0.15) is 0 Å². The summed E-state index contributed by atoms with van der Waals surface area (Å²) in [5.74, 6) is 0.0125. The van der Waals surface area contributed by atoms with E-state index in [0.29, 0.717) is 0 Å². The second-order valence-electron chi connectivity index (χ2n) is 5.88. The van der Waals surface area contributed by atoms with Crippen LogP contribution >= 0.6 is 0 Å². The fourth-order valence-electron chi connectivity index (χ4n) is 2.99. The van der Waals surface area contributed by atoms with E-state index in [4.69, 9.17) is 5.73 Å². The predicted molar refractivity (Wildman–Crippen MR) is 93.2 cm³/mol. The normalized spacial score (nSPS) is 15.8. The van der Waals surface area contributed by atoms with Crippen LogP contribution < -0.4 is 30.5 Å². The minimum absolute atomic E-state index is 0. The molecule has 24 heavy (non-hydrogen) atoms. The van der Waals surface area contributed by atoms with Gasteiger partial charge in [0.15, 0.2) is 0 Å². The third-order valence-corrected chi connectivity index (χ3v) is 6.03. The van der Waals surface area contributed by atoms with Gasteiger partial charge in [-0.05, 0) is 19.3 Å². The van der Waals surface area contributed by atoms with Gasteiger partial charge in [-0.15, -0.1) is 29.7 Å². The second kappa shape index (κ2) is 13.0. The summed E-state index contributed by atoms with van der Waals surface area (Å²) in [5.41, 5.74) is 5.35. The van der Waals surface area contributed by atoms with Gasteiger partial charge in [-0.1, -0.05) is 30.8 Å². The smallest absolute Gasteiger partial charge is 1.00 e. The number of halogens is 2. The molecule has 2 aromatic rings. The second-order valence-corrected chi connectivity index (χ2v) is 8.52. The van der Waals surface area contributed by atoms with E-state index in [0.717, 1.165) is 12.8 Å². The number of hydrogen-bond donors (Lipinski definition) is 1. The minimum Gasteiger partial charge on any atom is -1.00 e. The fraction of sp³-hybridized carbons (Fsp3) is 0.389. The Labute approximate surface area is 173 Å². The van der Waals surface area contributed by atoms with E-state index >= 15 is 0 Å². The molecule has 0 bridgehead atoms. The maximum Gasteiger partial charge on any atom is 3.00 e. The molecule has 1 radical (unpaired) electrons. The van der Waals surface area contributed by atoms with Gasteiger partial charge in [0, 0.05) is 8.41 Å². The Morgan fingerprint density at radius 2 is 1.83 bits per heavy atom. The number of carbonyl (C=O) groups is 1. The molecule has 0 aliphatic heterocycles. The maximum absolute atomic E-state index is 11.1. The van der Waals surface area contributed by atoms with Gasteiger partial charge in [-0.2, -0.15) is 17.5 Å². The molecule has 2 nitrogen and oxygen atoms in total. The van der Waals surface area contributed by atoms with Crippen molar-refractivity contribution >= 4 is 30.3 Å². The van der Waals surface area contributed by atoms with Gasteiger partial charge in [0.2, 0.25) is 5.91 Å². The van der Waals surface area contributed by atoms with Crippen molar-refractivity contribution in [3.63, 3.8) is 0 Å². The van der Waals surface area contributed by atoms with Crippen LogP contribution in [0.1, 0.15) is 25.7 Å². The van der Waals surface area contributed by atoms with Gasteiger partial charge < -0.3 is 30.5 Å². The molecule has 1 unspecified atom stereocenters. The molecule has 1 atom stereocenters. The number of primary amides is 1. The first-order chi connectivity index (χ1) is 10.1. The summed E-state index contributed by atoms with van der Waals surface area (Å²) in [7, 11) is -0.412. The van der Waals surface area contributed by atoms with Crippen LogP contribution in [0.4, 0.5) is 0 Å². The molecular weight excluding hydrogens is 393 g/mol. The van der Waals surface area contributed by atoms with Crippen molar-refractivity contribution in [2.45, 2.75) is 38.8 Å². The average Bonchev–Trinajstić information content (AvgIpc) is 2.96. The SMILES string of the molecule is C[Si](C)=C1CCCCC1C(N)=O.[Cl-].[Cl-].[Ti+3].c1ccc2[cH-]ccc2c1. The molecule has 0 aromatic heterocycles. The van der Waals surface area contributed by atoms with Crippen LogP contribution in [0.15, 0.2) is 42.5 Å². The number of hydrogen-bond acceptors (Lipinski definition) is 1. The van der Waals surface area contributed by atoms with Crippen molar-refractivity contribution in [1.82, 2.24) is 0 Å². The van der Waals surface area contributed by atoms with Crippen molar-refractivity contribution < 1.29 is 51.3 Å². The molecule has 129 valence electrons. The number of amides is 1. The van der Waals surface area contributed by atoms with Crippen LogP contribution in [0.5, 0.6) is 0 Å². The third kappa shape index (κ3) is 7.28. The monoisotopic (exact) mass is 416 g/mol. The van der Waals surface area contributed by atoms with Crippen LogP contribution in [0.3, 0.4) is 0 Å². The van der Waals surface area contributed by atoms with Crippen LogP contribution in [0, 0.1) is 5.92 Å². The van der Waals surface area contributed by atoms with Gasteiger partial charge in [0.25, 0.3) is 0 Å². The van der Waals surface area contributed by atoms with E-state index in [1.165, 1.54) is 28.8 Å². The van der Waals surface area contributed by atoms with Crippen molar-refractivity contribution in [2.75, 3.05) is 0 Å². The quantitative estimate of drug-likeness (QED) is 0.413. The van der Waals surface area contributed by atoms with Crippen LogP contribution in [0.2, 0.25) is 13.1 Å². The molecule has 0 heterocycles. The molecule has 0 spiro atoms. The molecule has 1 aliphatic carbocycles. The molecule has 1 aliphatic rings. The van der Waals surface area contributed by atoms with E-state index in [9.17, 15) is 4.79 Å². The van der Waals surface area contributed by atoms with E-state index < -0.39 is 8.41 Å². The van der Waals surface area contributed by atoms with Crippen LogP contribution in [-0.2, 0) is 26.5 Å². The number of fused-ring (bicyclic) bond motifs is 1. The zero-order valence-corrected chi connectivity index (χ0v) is 18.3. The van der Waals surface area contributed by atoms with Crippen LogP contribution in [-0.4, -0.2) is 19.5 Å². The Hall–Kier alpha value is -0.319. The molecule has 3 rings (SSSR count). The molecule has 6 heteroatoms. The Morgan fingerprint density at radius 1 is 1.17 bits per heavy atom. The molecule has 1 amide bonds. The summed E-state index contributed by atoms with van der Waals surface area (Å²) >= 11 is 0. The minimum atomic E-state index is -0.412. The zero-order chi connectivity index (χ0) is 15.2. The summed E-state index contributed by atoms with van der Waals surface area (Å²) in [6, 6.07) is 14.7. The Morgan fingerprint density at radius 3 is 2.38 bits per heavy atom.